The molecule has 1 aromatic rings. The maximum atomic E-state index is 13.7. The van der Waals surface area contributed by atoms with Gasteiger partial charge in [-0.15, -0.1) is 0 Å². The standard InChI is InChI=1S/C11H12FN3O5/c1-11(2,10(13)18)14-7-3-5(9(16)17)8(15(19)20)4-6(7)12/h3-4,14H,1-2H3,(H2,13,18)(H,16,17). The highest BCUT2D eigenvalue weighted by atomic mass is 19.1. The molecule has 0 aromatic heterocycles. The van der Waals surface area contributed by atoms with Crippen LogP contribution in [0.2, 0.25) is 0 Å². The molecule has 0 fully saturated rings. The molecule has 0 aliphatic carbocycles. The summed E-state index contributed by atoms with van der Waals surface area (Å²) in [6, 6.07) is 1.23. The van der Waals surface area contributed by atoms with Crippen LogP contribution in [0, 0.1) is 15.9 Å². The molecule has 0 bridgehead atoms. The van der Waals surface area contributed by atoms with Crippen LogP contribution in [0.25, 0.3) is 0 Å². The zero-order valence-electron chi connectivity index (χ0n) is 10.6. The number of nitrogens with one attached hydrogen (secondary N) is 1. The van der Waals surface area contributed by atoms with Gasteiger partial charge in [-0.3, -0.25) is 14.9 Å². The summed E-state index contributed by atoms with van der Waals surface area (Å²) in [6.45, 7) is 2.72. The number of carbonyl (C=O) groups excluding carboxylic acids is 1. The van der Waals surface area contributed by atoms with Gasteiger partial charge in [0.1, 0.15) is 11.1 Å². The number of rotatable bonds is 5. The number of primary amides is 1. The average molecular weight is 285 g/mol. The minimum atomic E-state index is -1.59. The number of nitro groups is 1. The van der Waals surface area contributed by atoms with Gasteiger partial charge in [0.25, 0.3) is 5.69 Å². The fourth-order valence-corrected chi connectivity index (χ4v) is 1.38. The predicted octanol–water partition coefficient (Wildman–Crippen LogP) is 1.11. The molecular weight excluding hydrogens is 273 g/mol. The monoisotopic (exact) mass is 285 g/mol. The number of amides is 1. The van der Waals surface area contributed by atoms with E-state index in [2.05, 4.69) is 5.32 Å². The van der Waals surface area contributed by atoms with Crippen molar-refractivity contribution in [1.29, 1.82) is 0 Å². The SMILES string of the molecule is CC(C)(Nc1cc(C(=O)O)c([N+](=O)[O-])cc1F)C(N)=O. The molecule has 20 heavy (non-hydrogen) atoms. The molecule has 0 spiro atoms. The van der Waals surface area contributed by atoms with E-state index < -0.39 is 39.4 Å². The third kappa shape index (κ3) is 2.99. The number of hydrogen-bond acceptors (Lipinski definition) is 5. The Balaban J connectivity index is 3.37. The van der Waals surface area contributed by atoms with E-state index >= 15 is 0 Å². The van der Waals surface area contributed by atoms with Gasteiger partial charge in [-0.25, -0.2) is 9.18 Å². The Bertz CT molecular complexity index is 600. The second-order valence-electron chi connectivity index (χ2n) is 4.53. The molecular formula is C11H12FN3O5. The molecule has 1 aromatic carbocycles. The summed E-state index contributed by atoms with van der Waals surface area (Å²) in [7, 11) is 0. The highest BCUT2D eigenvalue weighted by Crippen LogP contribution is 2.28. The lowest BCUT2D eigenvalue weighted by atomic mass is 10.0. The van der Waals surface area contributed by atoms with Gasteiger partial charge >= 0.3 is 5.97 Å². The fraction of sp³-hybridized carbons (Fsp3) is 0.273. The molecule has 1 amide bonds. The van der Waals surface area contributed by atoms with E-state index in [0.717, 1.165) is 6.07 Å². The van der Waals surface area contributed by atoms with E-state index in [1.807, 2.05) is 0 Å². The number of benzene rings is 1. The van der Waals surface area contributed by atoms with Crippen LogP contribution in [0.3, 0.4) is 0 Å². The van der Waals surface area contributed by atoms with Gasteiger partial charge in [-0.2, -0.15) is 0 Å². The largest absolute Gasteiger partial charge is 0.477 e. The molecule has 9 heteroatoms. The maximum Gasteiger partial charge on any atom is 0.342 e. The summed E-state index contributed by atoms with van der Waals surface area (Å²) in [4.78, 5) is 31.7. The van der Waals surface area contributed by atoms with Gasteiger partial charge in [0.05, 0.1) is 16.7 Å². The number of nitrogens with two attached hydrogens (primary N) is 1. The van der Waals surface area contributed by atoms with Gasteiger partial charge in [0.2, 0.25) is 5.91 Å². The van der Waals surface area contributed by atoms with E-state index in [4.69, 9.17) is 10.8 Å². The molecule has 0 heterocycles. The van der Waals surface area contributed by atoms with Gasteiger partial charge in [0, 0.05) is 0 Å². The Kier molecular flexibility index (Phi) is 3.92. The zero-order valence-corrected chi connectivity index (χ0v) is 10.6. The Morgan fingerprint density at radius 1 is 1.45 bits per heavy atom. The van der Waals surface area contributed by atoms with Crippen molar-refractivity contribution < 1.29 is 24.0 Å². The summed E-state index contributed by atoms with van der Waals surface area (Å²) in [6.07, 6.45) is 0. The third-order valence-electron chi connectivity index (χ3n) is 2.58. The minimum Gasteiger partial charge on any atom is -0.477 e. The van der Waals surface area contributed by atoms with Crippen molar-refractivity contribution in [3.63, 3.8) is 0 Å². The molecule has 0 aliphatic heterocycles. The van der Waals surface area contributed by atoms with Crippen molar-refractivity contribution in [2.24, 2.45) is 5.73 Å². The van der Waals surface area contributed by atoms with Gasteiger partial charge < -0.3 is 16.2 Å². The van der Waals surface area contributed by atoms with Crippen molar-refractivity contribution >= 4 is 23.3 Å². The number of nitro benzene ring substituents is 1. The van der Waals surface area contributed by atoms with Crippen LogP contribution in [0.5, 0.6) is 0 Å². The van der Waals surface area contributed by atoms with Crippen LogP contribution < -0.4 is 11.1 Å². The van der Waals surface area contributed by atoms with Crippen LogP contribution in [0.15, 0.2) is 12.1 Å². The second kappa shape index (κ2) is 5.11. The van der Waals surface area contributed by atoms with Crippen molar-refractivity contribution in [3.05, 3.63) is 33.6 Å². The minimum absolute atomic E-state index is 0.364. The highest BCUT2D eigenvalue weighted by Gasteiger charge is 2.29. The lowest BCUT2D eigenvalue weighted by molar-refractivity contribution is -0.385. The highest BCUT2D eigenvalue weighted by molar-refractivity contribution is 5.94. The Hall–Kier alpha value is -2.71. The van der Waals surface area contributed by atoms with Gasteiger partial charge in [-0.05, 0) is 19.9 Å². The van der Waals surface area contributed by atoms with Gasteiger partial charge in [-0.1, -0.05) is 0 Å². The smallest absolute Gasteiger partial charge is 0.342 e. The van der Waals surface area contributed by atoms with E-state index in [1.54, 1.807) is 0 Å². The number of hydrogen-bond donors (Lipinski definition) is 3. The Morgan fingerprint density at radius 2 is 2.00 bits per heavy atom. The topological polar surface area (TPSA) is 136 Å². The number of nitrogens with zero attached hydrogens (tertiary/aromatic N) is 1. The first-order valence-corrected chi connectivity index (χ1v) is 5.35. The normalized spacial score (nSPS) is 10.9. The lowest BCUT2D eigenvalue weighted by Crippen LogP contribution is -2.45. The van der Waals surface area contributed by atoms with Crippen LogP contribution in [-0.4, -0.2) is 27.4 Å². The molecule has 0 radical (unpaired) electrons. The molecule has 4 N–H and O–H groups in total. The van der Waals surface area contributed by atoms with Crippen molar-refractivity contribution in [1.82, 2.24) is 0 Å². The number of halogens is 1. The number of carboxylic acid groups (broad SMARTS) is 1. The average Bonchev–Trinajstić information content (AvgIpc) is 2.30. The first-order chi connectivity index (χ1) is 9.06. The van der Waals surface area contributed by atoms with Crippen LogP contribution in [0.1, 0.15) is 24.2 Å². The molecule has 0 saturated heterocycles. The second-order valence-corrected chi connectivity index (χ2v) is 4.53. The van der Waals surface area contributed by atoms with Crippen molar-refractivity contribution in [2.75, 3.05) is 5.32 Å². The van der Waals surface area contributed by atoms with Crippen LogP contribution >= 0.6 is 0 Å². The van der Waals surface area contributed by atoms with E-state index in [0.29, 0.717) is 6.07 Å². The zero-order chi connectivity index (χ0) is 15.7. The summed E-state index contributed by atoms with van der Waals surface area (Å²) in [5, 5.41) is 22.0. The number of anilines is 1. The summed E-state index contributed by atoms with van der Waals surface area (Å²) in [5.41, 5.74) is 1.80. The third-order valence-corrected chi connectivity index (χ3v) is 2.58. The first-order valence-electron chi connectivity index (χ1n) is 5.35. The molecule has 108 valence electrons. The summed E-state index contributed by atoms with van der Waals surface area (Å²) < 4.78 is 13.7. The molecule has 0 unspecified atom stereocenters. The van der Waals surface area contributed by atoms with Crippen molar-refractivity contribution in [3.8, 4) is 0 Å². The van der Waals surface area contributed by atoms with E-state index in [1.165, 1.54) is 13.8 Å². The molecule has 0 aliphatic rings. The molecule has 0 atom stereocenters. The summed E-state index contributed by atoms with van der Waals surface area (Å²) in [5.74, 6) is -3.44. The Morgan fingerprint density at radius 3 is 2.40 bits per heavy atom. The number of carbonyl (C=O) groups is 2. The van der Waals surface area contributed by atoms with E-state index in [-0.39, 0.29) is 5.69 Å². The first kappa shape index (κ1) is 15.3. The lowest BCUT2D eigenvalue weighted by Gasteiger charge is -2.24. The fourth-order valence-electron chi connectivity index (χ4n) is 1.38. The number of carboxylic acids is 1. The van der Waals surface area contributed by atoms with Crippen LogP contribution in [0.4, 0.5) is 15.8 Å². The van der Waals surface area contributed by atoms with Gasteiger partial charge in [0.15, 0.2) is 5.82 Å². The van der Waals surface area contributed by atoms with E-state index in [9.17, 15) is 24.1 Å². The van der Waals surface area contributed by atoms with Crippen LogP contribution in [-0.2, 0) is 4.79 Å². The Labute approximate surface area is 112 Å². The molecule has 1 rings (SSSR count). The molecule has 8 nitrogen and oxygen atoms in total. The summed E-state index contributed by atoms with van der Waals surface area (Å²) >= 11 is 0. The molecule has 0 saturated carbocycles. The van der Waals surface area contributed by atoms with Crippen molar-refractivity contribution in [2.45, 2.75) is 19.4 Å². The predicted molar refractivity (Wildman–Crippen MR) is 66.9 cm³/mol. The number of aromatic carboxylic acids is 1. The maximum absolute atomic E-state index is 13.7. The quantitative estimate of drug-likeness (QED) is 0.547.